The number of hydrogen-bond acceptors (Lipinski definition) is 4. The minimum absolute atomic E-state index is 0.00639. The van der Waals surface area contributed by atoms with E-state index in [1.54, 1.807) is 0 Å². The van der Waals surface area contributed by atoms with Crippen LogP contribution in [-0.2, 0) is 11.8 Å². The molecule has 0 spiro atoms. The molecule has 1 atom stereocenters. The second-order valence-electron chi connectivity index (χ2n) is 5.78. The second kappa shape index (κ2) is 5.23. The average molecular weight is 264 g/mol. The lowest BCUT2D eigenvalue weighted by Gasteiger charge is -2.46. The third-order valence-corrected chi connectivity index (χ3v) is 4.83. The van der Waals surface area contributed by atoms with Gasteiger partial charge in [-0.15, -0.1) is 0 Å². The SMILES string of the molecule is Cn1ccnc1C(N)C1(N2CCOCC2)CCCC1. The predicted molar refractivity (Wildman–Crippen MR) is 73.7 cm³/mol. The normalized spacial score (nSPS) is 25.6. The summed E-state index contributed by atoms with van der Waals surface area (Å²) in [6.07, 6.45) is 8.74. The van der Waals surface area contributed by atoms with E-state index in [0.29, 0.717) is 0 Å². The van der Waals surface area contributed by atoms with Crippen molar-refractivity contribution >= 4 is 0 Å². The van der Waals surface area contributed by atoms with Gasteiger partial charge in [0.1, 0.15) is 5.82 Å². The smallest absolute Gasteiger partial charge is 0.127 e. The molecule has 19 heavy (non-hydrogen) atoms. The molecule has 5 nitrogen and oxygen atoms in total. The van der Waals surface area contributed by atoms with Crippen LogP contribution in [0.3, 0.4) is 0 Å². The highest BCUT2D eigenvalue weighted by atomic mass is 16.5. The molecule has 1 saturated heterocycles. The van der Waals surface area contributed by atoms with E-state index in [1.165, 1.54) is 25.7 Å². The predicted octanol–water partition coefficient (Wildman–Crippen LogP) is 1.06. The number of nitrogens with zero attached hydrogens (tertiary/aromatic N) is 3. The first kappa shape index (κ1) is 13.1. The van der Waals surface area contributed by atoms with Crippen LogP contribution in [-0.4, -0.2) is 46.3 Å². The zero-order chi connectivity index (χ0) is 13.3. The fourth-order valence-corrected chi connectivity index (χ4v) is 3.74. The number of nitrogens with two attached hydrogens (primary N) is 1. The van der Waals surface area contributed by atoms with Gasteiger partial charge in [-0.05, 0) is 12.8 Å². The maximum atomic E-state index is 6.65. The van der Waals surface area contributed by atoms with Gasteiger partial charge < -0.3 is 15.0 Å². The summed E-state index contributed by atoms with van der Waals surface area (Å²) in [6, 6.07) is -0.00639. The van der Waals surface area contributed by atoms with Crippen LogP contribution in [0.15, 0.2) is 12.4 Å². The van der Waals surface area contributed by atoms with Crippen LogP contribution >= 0.6 is 0 Å². The van der Waals surface area contributed by atoms with Gasteiger partial charge in [0.05, 0.1) is 19.3 Å². The Hall–Kier alpha value is -0.910. The molecule has 2 aliphatic rings. The third kappa shape index (κ3) is 2.20. The van der Waals surface area contributed by atoms with Crippen molar-refractivity contribution in [2.75, 3.05) is 26.3 Å². The van der Waals surface area contributed by atoms with Crippen LogP contribution in [0.5, 0.6) is 0 Å². The Morgan fingerprint density at radius 1 is 1.32 bits per heavy atom. The second-order valence-corrected chi connectivity index (χ2v) is 5.78. The quantitative estimate of drug-likeness (QED) is 0.887. The summed E-state index contributed by atoms with van der Waals surface area (Å²) in [6.45, 7) is 3.65. The van der Waals surface area contributed by atoms with Gasteiger partial charge in [0, 0.05) is 38.1 Å². The lowest BCUT2D eigenvalue weighted by Crippen LogP contribution is -2.57. The molecule has 1 saturated carbocycles. The highest BCUT2D eigenvalue weighted by Crippen LogP contribution is 2.43. The molecule has 0 aromatic carbocycles. The summed E-state index contributed by atoms with van der Waals surface area (Å²) in [5.41, 5.74) is 6.73. The van der Waals surface area contributed by atoms with Crippen molar-refractivity contribution < 1.29 is 4.74 Å². The van der Waals surface area contributed by atoms with Crippen molar-refractivity contribution in [1.82, 2.24) is 14.5 Å². The van der Waals surface area contributed by atoms with E-state index in [-0.39, 0.29) is 11.6 Å². The number of aryl methyl sites for hydroxylation is 1. The van der Waals surface area contributed by atoms with Gasteiger partial charge in [-0.3, -0.25) is 4.90 Å². The molecule has 1 aliphatic heterocycles. The molecule has 0 radical (unpaired) electrons. The zero-order valence-corrected chi connectivity index (χ0v) is 11.7. The molecule has 1 unspecified atom stereocenters. The van der Waals surface area contributed by atoms with Crippen LogP contribution in [0.2, 0.25) is 0 Å². The number of rotatable bonds is 3. The molecule has 5 heteroatoms. The van der Waals surface area contributed by atoms with Gasteiger partial charge in [0.15, 0.2) is 0 Å². The summed E-state index contributed by atoms with van der Waals surface area (Å²) in [5.74, 6) is 1.01. The van der Waals surface area contributed by atoms with E-state index in [1.807, 2.05) is 19.4 Å². The molecule has 1 aliphatic carbocycles. The molecule has 0 bridgehead atoms. The van der Waals surface area contributed by atoms with E-state index >= 15 is 0 Å². The van der Waals surface area contributed by atoms with E-state index in [2.05, 4.69) is 14.5 Å². The Kier molecular flexibility index (Phi) is 3.60. The first-order valence-corrected chi connectivity index (χ1v) is 7.30. The molecule has 106 valence electrons. The van der Waals surface area contributed by atoms with E-state index in [4.69, 9.17) is 10.5 Å². The zero-order valence-electron chi connectivity index (χ0n) is 11.7. The molecule has 1 aromatic rings. The molecule has 1 aromatic heterocycles. The maximum Gasteiger partial charge on any atom is 0.127 e. The lowest BCUT2D eigenvalue weighted by molar-refractivity contribution is -0.0324. The highest BCUT2D eigenvalue weighted by Gasteiger charge is 2.46. The summed E-state index contributed by atoms with van der Waals surface area (Å²) in [4.78, 5) is 7.04. The molecular weight excluding hydrogens is 240 g/mol. The minimum Gasteiger partial charge on any atom is -0.379 e. The summed E-state index contributed by atoms with van der Waals surface area (Å²) < 4.78 is 7.56. The lowest BCUT2D eigenvalue weighted by atomic mass is 9.85. The van der Waals surface area contributed by atoms with Gasteiger partial charge >= 0.3 is 0 Å². The van der Waals surface area contributed by atoms with Crippen LogP contribution in [0.1, 0.15) is 37.5 Å². The first-order chi connectivity index (χ1) is 9.24. The Labute approximate surface area is 114 Å². The molecule has 2 N–H and O–H groups in total. The Morgan fingerprint density at radius 3 is 2.58 bits per heavy atom. The summed E-state index contributed by atoms with van der Waals surface area (Å²) in [7, 11) is 2.03. The minimum atomic E-state index is -0.00639. The van der Waals surface area contributed by atoms with Gasteiger partial charge in [-0.25, -0.2) is 4.98 Å². The number of hydrogen-bond donors (Lipinski definition) is 1. The van der Waals surface area contributed by atoms with Gasteiger partial charge in [-0.1, -0.05) is 12.8 Å². The standard InChI is InChI=1S/C14H24N4O/c1-17-7-6-16-13(17)12(15)14(4-2-3-5-14)18-8-10-19-11-9-18/h6-7,12H,2-5,8-11,15H2,1H3. The summed E-state index contributed by atoms with van der Waals surface area (Å²) in [5, 5.41) is 0. The van der Waals surface area contributed by atoms with Gasteiger partial charge in [0.2, 0.25) is 0 Å². The fraction of sp³-hybridized carbons (Fsp3) is 0.786. The van der Waals surface area contributed by atoms with E-state index < -0.39 is 0 Å². The highest BCUT2D eigenvalue weighted by molar-refractivity contribution is 5.12. The molecule has 3 rings (SSSR count). The van der Waals surface area contributed by atoms with Crippen LogP contribution < -0.4 is 5.73 Å². The number of imidazole rings is 1. The average Bonchev–Trinajstić information content (AvgIpc) is 3.08. The molecule has 2 heterocycles. The van der Waals surface area contributed by atoms with Gasteiger partial charge in [-0.2, -0.15) is 0 Å². The van der Waals surface area contributed by atoms with E-state index in [9.17, 15) is 0 Å². The van der Waals surface area contributed by atoms with Crippen molar-refractivity contribution in [1.29, 1.82) is 0 Å². The topological polar surface area (TPSA) is 56.3 Å². The monoisotopic (exact) mass is 264 g/mol. The number of aromatic nitrogens is 2. The van der Waals surface area contributed by atoms with Crippen molar-refractivity contribution in [2.45, 2.75) is 37.3 Å². The van der Waals surface area contributed by atoms with Crippen molar-refractivity contribution in [3.8, 4) is 0 Å². The van der Waals surface area contributed by atoms with Crippen LogP contribution in [0, 0.1) is 0 Å². The number of ether oxygens (including phenoxy) is 1. The number of morpholine rings is 1. The van der Waals surface area contributed by atoms with Gasteiger partial charge in [0.25, 0.3) is 0 Å². The van der Waals surface area contributed by atoms with Crippen molar-refractivity contribution in [3.63, 3.8) is 0 Å². The fourth-order valence-electron chi connectivity index (χ4n) is 3.74. The molecule has 2 fully saturated rings. The van der Waals surface area contributed by atoms with Crippen molar-refractivity contribution in [2.24, 2.45) is 12.8 Å². The van der Waals surface area contributed by atoms with Crippen LogP contribution in [0.25, 0.3) is 0 Å². The Balaban J connectivity index is 1.89. The Morgan fingerprint density at radius 2 is 2.00 bits per heavy atom. The largest absolute Gasteiger partial charge is 0.379 e. The maximum absolute atomic E-state index is 6.65. The van der Waals surface area contributed by atoms with Crippen molar-refractivity contribution in [3.05, 3.63) is 18.2 Å². The molecule has 0 amide bonds. The van der Waals surface area contributed by atoms with E-state index in [0.717, 1.165) is 32.1 Å². The first-order valence-electron chi connectivity index (χ1n) is 7.30. The van der Waals surface area contributed by atoms with Crippen LogP contribution in [0.4, 0.5) is 0 Å². The third-order valence-electron chi connectivity index (χ3n) is 4.83. The molecular formula is C14H24N4O. The summed E-state index contributed by atoms with van der Waals surface area (Å²) >= 11 is 0. The Bertz CT molecular complexity index is 419.